The van der Waals surface area contributed by atoms with Crippen molar-refractivity contribution in [3.8, 4) is 22.9 Å². The molecule has 0 N–H and O–H groups in total. The smallest absolute Gasteiger partial charge is 0.0992 e. The summed E-state index contributed by atoms with van der Waals surface area (Å²) in [7, 11) is 0. The summed E-state index contributed by atoms with van der Waals surface area (Å²) in [6.07, 6.45) is 0. The van der Waals surface area contributed by atoms with Gasteiger partial charge in [-0.15, -0.1) is 0 Å². The van der Waals surface area contributed by atoms with E-state index in [2.05, 4.69) is 119 Å². The highest BCUT2D eigenvalue weighted by Gasteiger charge is 2.22. The predicted octanol–water partition coefficient (Wildman–Crippen LogP) is 8.92. The van der Waals surface area contributed by atoms with E-state index in [1.807, 2.05) is 18.2 Å². The molecule has 5 rings (SSSR count). The third-order valence-corrected chi connectivity index (χ3v) is 6.95. The molecule has 1 aromatic heterocycles. The number of fused-ring (bicyclic) bond motifs is 3. The number of hydrogen-bond acceptors (Lipinski definition) is 1. The van der Waals surface area contributed by atoms with Crippen LogP contribution in [-0.4, -0.2) is 4.57 Å². The van der Waals surface area contributed by atoms with Gasteiger partial charge in [-0.2, -0.15) is 5.26 Å². The summed E-state index contributed by atoms with van der Waals surface area (Å²) >= 11 is 0. The molecule has 1 heterocycles. The lowest BCUT2D eigenvalue weighted by Gasteiger charge is -2.19. The fourth-order valence-corrected chi connectivity index (χ4v) is 4.86. The van der Waals surface area contributed by atoms with Gasteiger partial charge in [0.2, 0.25) is 0 Å². The molecule has 0 atom stereocenters. The second kappa shape index (κ2) is 8.14. The van der Waals surface area contributed by atoms with E-state index in [9.17, 15) is 5.26 Å². The molecule has 35 heavy (non-hydrogen) atoms. The largest absolute Gasteiger partial charge is 0.309 e. The van der Waals surface area contributed by atoms with Gasteiger partial charge in [0.15, 0.2) is 0 Å². The number of hydrogen-bond donors (Lipinski definition) is 0. The number of rotatable bonds is 2. The van der Waals surface area contributed by atoms with Crippen LogP contribution in [0, 0.1) is 11.3 Å². The van der Waals surface area contributed by atoms with Gasteiger partial charge >= 0.3 is 0 Å². The summed E-state index contributed by atoms with van der Waals surface area (Å²) in [5.41, 5.74) is 9.01. The van der Waals surface area contributed by atoms with Crippen LogP contribution in [0.5, 0.6) is 0 Å². The van der Waals surface area contributed by atoms with Crippen molar-refractivity contribution in [1.29, 1.82) is 5.26 Å². The summed E-state index contributed by atoms with van der Waals surface area (Å²) in [5.74, 6) is 0. The van der Waals surface area contributed by atoms with Gasteiger partial charge in [-0.3, -0.25) is 0 Å². The average molecular weight is 457 g/mol. The highest BCUT2D eigenvalue weighted by Crippen LogP contribution is 2.39. The van der Waals surface area contributed by atoms with Gasteiger partial charge in [-0.1, -0.05) is 90.1 Å². The molecular formula is C33H32N2. The van der Waals surface area contributed by atoms with Crippen molar-refractivity contribution >= 4 is 21.8 Å². The molecule has 0 unspecified atom stereocenters. The van der Waals surface area contributed by atoms with E-state index in [1.54, 1.807) is 0 Å². The Labute approximate surface area is 208 Å². The first kappa shape index (κ1) is 22.9. The predicted molar refractivity (Wildman–Crippen MR) is 148 cm³/mol. The molecule has 0 aliphatic heterocycles. The van der Waals surface area contributed by atoms with E-state index in [1.165, 1.54) is 21.9 Å². The molecule has 4 aromatic carbocycles. The molecule has 0 bridgehead atoms. The van der Waals surface area contributed by atoms with Gasteiger partial charge in [0, 0.05) is 16.3 Å². The number of benzene rings is 4. The quantitative estimate of drug-likeness (QED) is 0.261. The maximum atomic E-state index is 9.74. The fourth-order valence-electron chi connectivity index (χ4n) is 4.86. The van der Waals surface area contributed by atoms with E-state index >= 15 is 0 Å². The number of nitriles is 1. The van der Waals surface area contributed by atoms with Gasteiger partial charge in [0.1, 0.15) is 0 Å². The molecule has 0 fully saturated rings. The van der Waals surface area contributed by atoms with Crippen molar-refractivity contribution in [2.24, 2.45) is 0 Å². The first-order valence-electron chi connectivity index (χ1n) is 12.3. The Balaban J connectivity index is 1.93. The first-order valence-corrected chi connectivity index (χ1v) is 12.3. The SMILES string of the molecule is CC(C)(C)c1ccc2c(c1)c1cc(C(C)(C)C)ccc1n2-c1cc(C#N)ccc1-c1ccccc1. The van der Waals surface area contributed by atoms with Crippen molar-refractivity contribution < 1.29 is 0 Å². The molecular weight excluding hydrogens is 424 g/mol. The van der Waals surface area contributed by atoms with Crippen molar-refractivity contribution in [3.05, 3.63) is 102 Å². The van der Waals surface area contributed by atoms with Crippen molar-refractivity contribution in [2.75, 3.05) is 0 Å². The molecule has 174 valence electrons. The second-order valence-corrected chi connectivity index (χ2v) is 11.5. The molecule has 0 saturated carbocycles. The van der Waals surface area contributed by atoms with Crippen LogP contribution in [0.4, 0.5) is 0 Å². The van der Waals surface area contributed by atoms with Crippen LogP contribution < -0.4 is 0 Å². The lowest BCUT2D eigenvalue weighted by atomic mass is 9.85. The Morgan fingerprint density at radius 3 is 1.66 bits per heavy atom. The third kappa shape index (κ3) is 4.02. The zero-order valence-corrected chi connectivity index (χ0v) is 21.5. The standard InChI is InChI=1S/C33H32N2/c1-32(2,3)24-13-16-29-27(19-24)28-20-25(33(4,5)6)14-17-30(28)35(29)31-18-22(21-34)12-15-26(31)23-10-8-7-9-11-23/h7-20H,1-6H3. The van der Waals surface area contributed by atoms with E-state index in [0.29, 0.717) is 5.56 Å². The van der Waals surface area contributed by atoms with Crippen molar-refractivity contribution in [2.45, 2.75) is 52.4 Å². The van der Waals surface area contributed by atoms with E-state index in [-0.39, 0.29) is 10.8 Å². The molecule has 0 saturated heterocycles. The minimum atomic E-state index is 0.0557. The molecule has 0 aliphatic carbocycles. The van der Waals surface area contributed by atoms with Crippen LogP contribution in [0.1, 0.15) is 58.2 Å². The summed E-state index contributed by atoms with van der Waals surface area (Å²) in [6, 6.07) is 32.5. The zero-order valence-electron chi connectivity index (χ0n) is 21.5. The molecule has 0 radical (unpaired) electrons. The Morgan fingerprint density at radius 2 is 1.17 bits per heavy atom. The third-order valence-electron chi connectivity index (χ3n) is 6.95. The highest BCUT2D eigenvalue weighted by atomic mass is 15.0. The van der Waals surface area contributed by atoms with Gasteiger partial charge in [0.05, 0.1) is 28.4 Å². The molecule has 5 aromatic rings. The number of aromatic nitrogens is 1. The topological polar surface area (TPSA) is 28.7 Å². The van der Waals surface area contributed by atoms with Gasteiger partial charge in [0.25, 0.3) is 0 Å². The molecule has 0 amide bonds. The summed E-state index contributed by atoms with van der Waals surface area (Å²) in [4.78, 5) is 0. The Kier molecular flexibility index (Phi) is 5.33. The van der Waals surface area contributed by atoms with E-state index in [0.717, 1.165) is 27.8 Å². The first-order chi connectivity index (χ1) is 16.6. The van der Waals surface area contributed by atoms with Crippen LogP contribution in [0.15, 0.2) is 84.9 Å². The molecule has 2 heteroatoms. The van der Waals surface area contributed by atoms with E-state index < -0.39 is 0 Å². The maximum absolute atomic E-state index is 9.74. The molecule has 0 aliphatic rings. The lowest BCUT2D eigenvalue weighted by Crippen LogP contribution is -2.10. The van der Waals surface area contributed by atoms with Gasteiger partial charge in [-0.25, -0.2) is 0 Å². The normalized spacial score (nSPS) is 12.3. The Hall–Kier alpha value is -3.83. The highest BCUT2D eigenvalue weighted by molar-refractivity contribution is 6.10. The summed E-state index contributed by atoms with van der Waals surface area (Å²) < 4.78 is 2.34. The summed E-state index contributed by atoms with van der Waals surface area (Å²) in [6.45, 7) is 13.6. The van der Waals surface area contributed by atoms with Crippen molar-refractivity contribution in [3.63, 3.8) is 0 Å². The molecule has 2 nitrogen and oxygen atoms in total. The monoisotopic (exact) mass is 456 g/mol. The average Bonchev–Trinajstić information content (AvgIpc) is 3.16. The van der Waals surface area contributed by atoms with Crippen LogP contribution in [0.25, 0.3) is 38.6 Å². The van der Waals surface area contributed by atoms with Crippen LogP contribution in [-0.2, 0) is 10.8 Å². The summed E-state index contributed by atoms with van der Waals surface area (Å²) in [5, 5.41) is 12.2. The second-order valence-electron chi connectivity index (χ2n) is 11.5. The fraction of sp³-hybridized carbons (Fsp3) is 0.242. The zero-order chi connectivity index (χ0) is 25.0. The van der Waals surface area contributed by atoms with Crippen LogP contribution >= 0.6 is 0 Å². The van der Waals surface area contributed by atoms with Crippen molar-refractivity contribution in [1.82, 2.24) is 4.57 Å². The Morgan fingerprint density at radius 1 is 0.629 bits per heavy atom. The maximum Gasteiger partial charge on any atom is 0.0992 e. The Bertz CT molecular complexity index is 1530. The van der Waals surface area contributed by atoms with Crippen LogP contribution in [0.2, 0.25) is 0 Å². The minimum Gasteiger partial charge on any atom is -0.309 e. The van der Waals surface area contributed by atoms with Gasteiger partial charge in [-0.05, 0) is 63.9 Å². The van der Waals surface area contributed by atoms with Crippen LogP contribution in [0.3, 0.4) is 0 Å². The van der Waals surface area contributed by atoms with Gasteiger partial charge < -0.3 is 4.57 Å². The lowest BCUT2D eigenvalue weighted by molar-refractivity contribution is 0.590. The number of nitrogens with zero attached hydrogens (tertiary/aromatic N) is 2. The molecule has 0 spiro atoms. The van der Waals surface area contributed by atoms with E-state index in [4.69, 9.17) is 0 Å². The minimum absolute atomic E-state index is 0.0557.